The highest BCUT2D eigenvalue weighted by atomic mass is 16.5. The molecule has 2 rings (SSSR count). The molecule has 0 aliphatic carbocycles. The van der Waals surface area contributed by atoms with Crippen LogP contribution in [0.25, 0.3) is 0 Å². The zero-order chi connectivity index (χ0) is 13.0. The molecule has 4 nitrogen and oxygen atoms in total. The average molecular weight is 250 g/mol. The Morgan fingerprint density at radius 3 is 2.39 bits per heavy atom. The van der Waals surface area contributed by atoms with E-state index < -0.39 is 0 Å². The Morgan fingerprint density at radius 2 is 1.83 bits per heavy atom. The predicted octanol–water partition coefficient (Wildman–Crippen LogP) is 1.54. The Balaban J connectivity index is 1.94. The maximum atomic E-state index is 9.93. The van der Waals surface area contributed by atoms with E-state index in [0.717, 1.165) is 44.8 Å². The number of phenols is 1. The van der Waals surface area contributed by atoms with Crippen molar-refractivity contribution in [2.24, 2.45) is 0 Å². The van der Waals surface area contributed by atoms with Gasteiger partial charge in [-0.05, 0) is 12.6 Å². The van der Waals surface area contributed by atoms with Gasteiger partial charge in [-0.2, -0.15) is 0 Å². The Hall–Kier alpha value is -1.26. The maximum Gasteiger partial charge on any atom is 0.123 e. The number of aromatic hydroxyl groups is 1. The molecule has 1 aromatic carbocycles. The maximum absolute atomic E-state index is 9.93. The quantitative estimate of drug-likeness (QED) is 0.879. The van der Waals surface area contributed by atoms with Gasteiger partial charge in [-0.25, -0.2) is 0 Å². The molecule has 1 N–H and O–H groups in total. The average Bonchev–Trinajstić information content (AvgIpc) is 2.42. The number of rotatable bonds is 4. The molecule has 0 spiro atoms. The fourth-order valence-corrected chi connectivity index (χ4v) is 2.31. The molecule has 1 fully saturated rings. The van der Waals surface area contributed by atoms with Crippen LogP contribution < -0.4 is 4.74 Å². The van der Waals surface area contributed by atoms with Gasteiger partial charge < -0.3 is 14.7 Å². The Morgan fingerprint density at radius 1 is 1.17 bits per heavy atom. The van der Waals surface area contributed by atoms with E-state index in [2.05, 4.69) is 16.7 Å². The van der Waals surface area contributed by atoms with Crippen LogP contribution in [0.4, 0.5) is 0 Å². The molecule has 1 aliphatic rings. The third-order valence-electron chi connectivity index (χ3n) is 3.60. The summed E-state index contributed by atoms with van der Waals surface area (Å²) in [6.45, 7) is 8.51. The van der Waals surface area contributed by atoms with E-state index in [9.17, 15) is 5.11 Å². The van der Waals surface area contributed by atoms with Gasteiger partial charge >= 0.3 is 0 Å². The highest BCUT2D eigenvalue weighted by Gasteiger charge is 2.16. The molecule has 0 bridgehead atoms. The van der Waals surface area contributed by atoms with Gasteiger partial charge in [0, 0.05) is 44.4 Å². The molecular formula is C14H22N2O2. The van der Waals surface area contributed by atoms with Crippen molar-refractivity contribution in [1.29, 1.82) is 0 Å². The first-order chi connectivity index (χ1) is 8.72. The van der Waals surface area contributed by atoms with Crippen molar-refractivity contribution in [2.45, 2.75) is 13.5 Å². The molecule has 0 saturated carbocycles. The first-order valence-electron chi connectivity index (χ1n) is 6.53. The lowest BCUT2D eigenvalue weighted by Gasteiger charge is -2.34. The number of ether oxygens (including phenoxy) is 1. The number of hydrogen-bond donors (Lipinski definition) is 1. The Kier molecular flexibility index (Phi) is 4.44. The van der Waals surface area contributed by atoms with Gasteiger partial charge in [0.1, 0.15) is 11.5 Å². The molecule has 0 aromatic heterocycles. The van der Waals surface area contributed by atoms with E-state index in [0.29, 0.717) is 11.5 Å². The zero-order valence-corrected chi connectivity index (χ0v) is 11.2. The van der Waals surface area contributed by atoms with E-state index in [1.54, 1.807) is 13.2 Å². The summed E-state index contributed by atoms with van der Waals surface area (Å²) >= 11 is 0. The summed E-state index contributed by atoms with van der Waals surface area (Å²) in [5.74, 6) is 1.03. The second kappa shape index (κ2) is 6.07. The molecule has 0 unspecified atom stereocenters. The van der Waals surface area contributed by atoms with Crippen LogP contribution >= 0.6 is 0 Å². The van der Waals surface area contributed by atoms with Crippen LogP contribution in [0.5, 0.6) is 11.5 Å². The number of phenolic OH excluding ortho intramolecular Hbond substituents is 1. The fourth-order valence-electron chi connectivity index (χ4n) is 2.31. The predicted molar refractivity (Wildman–Crippen MR) is 72.0 cm³/mol. The normalized spacial score (nSPS) is 17.9. The summed E-state index contributed by atoms with van der Waals surface area (Å²) in [6, 6.07) is 5.52. The lowest BCUT2D eigenvalue weighted by atomic mass is 10.1. The molecular weight excluding hydrogens is 228 g/mol. The summed E-state index contributed by atoms with van der Waals surface area (Å²) < 4.78 is 5.09. The second-order valence-electron chi connectivity index (χ2n) is 4.71. The lowest BCUT2D eigenvalue weighted by molar-refractivity contribution is 0.131. The van der Waals surface area contributed by atoms with Crippen molar-refractivity contribution in [2.75, 3.05) is 39.8 Å². The van der Waals surface area contributed by atoms with Crippen molar-refractivity contribution < 1.29 is 9.84 Å². The van der Waals surface area contributed by atoms with E-state index in [1.807, 2.05) is 12.1 Å². The number of hydrogen-bond acceptors (Lipinski definition) is 4. The van der Waals surface area contributed by atoms with Gasteiger partial charge in [0.05, 0.1) is 7.11 Å². The van der Waals surface area contributed by atoms with Crippen molar-refractivity contribution >= 4 is 0 Å². The van der Waals surface area contributed by atoms with E-state index in [4.69, 9.17) is 4.74 Å². The van der Waals surface area contributed by atoms with Crippen molar-refractivity contribution in [3.8, 4) is 11.5 Å². The molecule has 1 aromatic rings. The molecule has 100 valence electrons. The Labute approximate surface area is 109 Å². The summed E-state index contributed by atoms with van der Waals surface area (Å²) in [4.78, 5) is 4.83. The third kappa shape index (κ3) is 3.15. The first-order valence-corrected chi connectivity index (χ1v) is 6.53. The molecule has 1 heterocycles. The highest BCUT2D eigenvalue weighted by Crippen LogP contribution is 2.24. The van der Waals surface area contributed by atoms with Crippen LogP contribution in [-0.2, 0) is 6.54 Å². The van der Waals surface area contributed by atoms with Crippen LogP contribution in [0, 0.1) is 0 Å². The minimum Gasteiger partial charge on any atom is -0.507 e. The van der Waals surface area contributed by atoms with E-state index in [1.165, 1.54) is 0 Å². The molecule has 0 atom stereocenters. The molecule has 18 heavy (non-hydrogen) atoms. The highest BCUT2D eigenvalue weighted by molar-refractivity contribution is 5.39. The topological polar surface area (TPSA) is 35.9 Å². The van der Waals surface area contributed by atoms with Gasteiger partial charge in [-0.3, -0.25) is 4.90 Å². The molecule has 1 aliphatic heterocycles. The van der Waals surface area contributed by atoms with Crippen LogP contribution in [0.3, 0.4) is 0 Å². The minimum absolute atomic E-state index is 0.326. The van der Waals surface area contributed by atoms with Crippen molar-refractivity contribution in [3.05, 3.63) is 23.8 Å². The fraction of sp³-hybridized carbons (Fsp3) is 0.571. The van der Waals surface area contributed by atoms with Gasteiger partial charge in [-0.1, -0.05) is 13.0 Å². The molecule has 0 radical (unpaired) electrons. The molecule has 0 amide bonds. The SMILES string of the molecule is CCN1CCN(Cc2ccc(OC)cc2O)CC1. The largest absolute Gasteiger partial charge is 0.507 e. The molecule has 4 heteroatoms. The summed E-state index contributed by atoms with van der Waals surface area (Å²) in [6.07, 6.45) is 0. The van der Waals surface area contributed by atoms with E-state index in [-0.39, 0.29) is 0 Å². The van der Waals surface area contributed by atoms with Gasteiger partial charge in [-0.15, -0.1) is 0 Å². The van der Waals surface area contributed by atoms with Crippen LogP contribution in [-0.4, -0.2) is 54.7 Å². The van der Waals surface area contributed by atoms with Crippen LogP contribution in [0.1, 0.15) is 12.5 Å². The summed E-state index contributed by atoms with van der Waals surface area (Å²) in [5.41, 5.74) is 0.973. The summed E-state index contributed by atoms with van der Waals surface area (Å²) in [7, 11) is 1.61. The second-order valence-corrected chi connectivity index (χ2v) is 4.71. The van der Waals surface area contributed by atoms with Crippen molar-refractivity contribution in [3.63, 3.8) is 0 Å². The van der Waals surface area contributed by atoms with Crippen LogP contribution in [0.15, 0.2) is 18.2 Å². The zero-order valence-electron chi connectivity index (χ0n) is 11.2. The van der Waals surface area contributed by atoms with Crippen molar-refractivity contribution in [1.82, 2.24) is 9.80 Å². The number of nitrogens with zero attached hydrogens (tertiary/aromatic N) is 2. The number of methoxy groups -OCH3 is 1. The Bertz CT molecular complexity index is 387. The molecule has 1 saturated heterocycles. The van der Waals surface area contributed by atoms with E-state index >= 15 is 0 Å². The lowest BCUT2D eigenvalue weighted by Crippen LogP contribution is -2.45. The number of likely N-dealkylation sites (N-methyl/N-ethyl adjacent to an activating group) is 1. The van der Waals surface area contributed by atoms with Gasteiger partial charge in [0.15, 0.2) is 0 Å². The monoisotopic (exact) mass is 250 g/mol. The third-order valence-corrected chi connectivity index (χ3v) is 3.60. The van der Waals surface area contributed by atoms with Gasteiger partial charge in [0.2, 0.25) is 0 Å². The standard InChI is InChI=1S/C14H22N2O2/c1-3-15-6-8-16(9-7-15)11-12-4-5-13(18-2)10-14(12)17/h4-5,10,17H,3,6-9,11H2,1-2H3. The first kappa shape index (κ1) is 13.2. The smallest absolute Gasteiger partial charge is 0.123 e. The summed E-state index contributed by atoms with van der Waals surface area (Å²) in [5, 5.41) is 9.93. The number of benzene rings is 1. The minimum atomic E-state index is 0.326. The number of piperazine rings is 1. The van der Waals surface area contributed by atoms with Crippen LogP contribution in [0.2, 0.25) is 0 Å². The van der Waals surface area contributed by atoms with Gasteiger partial charge in [0.25, 0.3) is 0 Å².